The Morgan fingerprint density at radius 1 is 1.00 bits per heavy atom. The van der Waals surface area contributed by atoms with Gasteiger partial charge in [-0.3, -0.25) is 19.5 Å². The number of rotatable bonds is 7. The Balaban J connectivity index is 1.53. The molecule has 1 N–H and O–H groups in total. The number of pyridine rings is 1. The molecule has 0 bridgehead atoms. The number of thioether (sulfide) groups is 1. The zero-order chi connectivity index (χ0) is 29.9. The normalized spacial score (nSPS) is 14.7. The number of aromatic nitrogens is 3. The Morgan fingerprint density at radius 2 is 1.77 bits per heavy atom. The van der Waals surface area contributed by atoms with Gasteiger partial charge >= 0.3 is 0 Å². The molecule has 0 aliphatic carbocycles. The molecular weight excluding hydrogens is 578 g/mol. The van der Waals surface area contributed by atoms with Gasteiger partial charge in [-0.1, -0.05) is 71.8 Å². The van der Waals surface area contributed by atoms with Crippen LogP contribution in [0.4, 0.5) is 5.82 Å². The average Bonchev–Trinajstić information content (AvgIpc) is 3.34. The molecule has 1 atom stereocenters. The van der Waals surface area contributed by atoms with Crippen molar-refractivity contribution in [1.82, 2.24) is 20.1 Å². The van der Waals surface area contributed by atoms with Crippen LogP contribution in [0.5, 0.6) is 0 Å². The fourth-order valence-corrected chi connectivity index (χ4v) is 6.65. The molecule has 7 nitrogen and oxygen atoms in total. The molecule has 43 heavy (non-hydrogen) atoms. The molecule has 3 heterocycles. The Labute approximate surface area is 259 Å². The monoisotopic (exact) mass is 607 g/mol. The molecular formula is C34H30ClN5O2S. The fourth-order valence-electron chi connectivity index (χ4n) is 5.24. The number of benzene rings is 3. The minimum absolute atomic E-state index is 0.148. The maximum atomic E-state index is 13.9. The quantitative estimate of drug-likeness (QED) is 0.223. The van der Waals surface area contributed by atoms with Gasteiger partial charge in [0.2, 0.25) is 11.8 Å². The summed E-state index contributed by atoms with van der Waals surface area (Å²) < 4.78 is 1.81. The molecule has 2 aromatic heterocycles. The zero-order valence-corrected chi connectivity index (χ0v) is 25.4. The van der Waals surface area contributed by atoms with Gasteiger partial charge in [-0.2, -0.15) is 5.10 Å². The molecule has 0 fully saturated rings. The lowest BCUT2D eigenvalue weighted by Gasteiger charge is -2.23. The molecule has 1 aliphatic heterocycles. The number of anilines is 1. The number of amides is 2. The van der Waals surface area contributed by atoms with Gasteiger partial charge in [0.25, 0.3) is 0 Å². The molecule has 1 unspecified atom stereocenters. The molecule has 216 valence electrons. The second-order valence-corrected chi connectivity index (χ2v) is 12.0. The fraction of sp³-hybridized carbons (Fsp3) is 0.176. The number of fused-ring (bicyclic) bond motifs is 1. The summed E-state index contributed by atoms with van der Waals surface area (Å²) in [7, 11) is 0. The van der Waals surface area contributed by atoms with Crippen molar-refractivity contribution in [3.05, 3.63) is 130 Å². The maximum Gasteiger partial charge on any atom is 0.240 e. The number of halogens is 1. The highest BCUT2D eigenvalue weighted by molar-refractivity contribution is 8.00. The van der Waals surface area contributed by atoms with Crippen molar-refractivity contribution in [2.75, 3.05) is 17.2 Å². The minimum Gasteiger partial charge on any atom is -0.350 e. The van der Waals surface area contributed by atoms with Crippen molar-refractivity contribution >= 4 is 41.0 Å². The van der Waals surface area contributed by atoms with Crippen LogP contribution in [0.3, 0.4) is 0 Å². The topological polar surface area (TPSA) is 80.1 Å². The van der Waals surface area contributed by atoms with Crippen molar-refractivity contribution in [2.45, 2.75) is 25.6 Å². The number of nitrogens with one attached hydrogen (secondary N) is 1. The lowest BCUT2D eigenvalue weighted by Crippen LogP contribution is -2.42. The standard InChI is InChI=1S/C34H30ClN5O2S/c1-22-9-15-27(16-10-22)40-34-31(32(38-40)25-11-13-26(35)14-12-25)33(28-8-4-3-6-23(28)2)43-21-30(42)39(34)20-29(41)37-19-24-7-5-17-36-18-24/h3-18,33H,19-21H2,1-2H3,(H,37,41). The van der Waals surface area contributed by atoms with Crippen molar-refractivity contribution in [3.63, 3.8) is 0 Å². The van der Waals surface area contributed by atoms with Gasteiger partial charge in [-0.05, 0) is 60.9 Å². The molecule has 0 radical (unpaired) electrons. The first-order valence-corrected chi connectivity index (χ1v) is 15.4. The Kier molecular flexibility index (Phi) is 8.31. The Bertz CT molecular complexity index is 1770. The van der Waals surface area contributed by atoms with E-state index in [1.54, 1.807) is 29.1 Å². The van der Waals surface area contributed by atoms with E-state index in [9.17, 15) is 9.59 Å². The van der Waals surface area contributed by atoms with E-state index < -0.39 is 0 Å². The lowest BCUT2D eigenvalue weighted by molar-refractivity contribution is -0.123. The summed E-state index contributed by atoms with van der Waals surface area (Å²) in [6.07, 6.45) is 3.40. The van der Waals surface area contributed by atoms with Crippen LogP contribution in [0.15, 0.2) is 97.3 Å². The Morgan fingerprint density at radius 3 is 2.49 bits per heavy atom. The number of carbonyl (C=O) groups is 2. The summed E-state index contributed by atoms with van der Waals surface area (Å²) in [5.74, 6) is 0.368. The molecule has 5 aromatic rings. The molecule has 6 rings (SSSR count). The van der Waals surface area contributed by atoms with Crippen molar-refractivity contribution in [2.24, 2.45) is 0 Å². The van der Waals surface area contributed by atoms with Crippen molar-refractivity contribution in [3.8, 4) is 16.9 Å². The van der Waals surface area contributed by atoms with Gasteiger partial charge in [-0.15, -0.1) is 11.8 Å². The summed E-state index contributed by atoms with van der Waals surface area (Å²) in [5.41, 5.74) is 7.50. The van der Waals surface area contributed by atoms with Crippen molar-refractivity contribution in [1.29, 1.82) is 0 Å². The van der Waals surface area contributed by atoms with E-state index in [1.165, 1.54) is 0 Å². The summed E-state index contributed by atoms with van der Waals surface area (Å²) in [6.45, 7) is 4.28. The second kappa shape index (κ2) is 12.5. The first kappa shape index (κ1) is 28.7. The van der Waals surface area contributed by atoms with Gasteiger partial charge in [0, 0.05) is 35.1 Å². The smallest absolute Gasteiger partial charge is 0.240 e. The van der Waals surface area contributed by atoms with E-state index in [0.29, 0.717) is 17.4 Å². The Hall–Kier alpha value is -4.40. The van der Waals surface area contributed by atoms with Crippen LogP contribution >= 0.6 is 23.4 Å². The third-order valence-electron chi connectivity index (χ3n) is 7.47. The van der Waals surface area contributed by atoms with Crippen LogP contribution in [0.25, 0.3) is 16.9 Å². The lowest BCUT2D eigenvalue weighted by atomic mass is 9.96. The van der Waals surface area contributed by atoms with E-state index in [2.05, 4.69) is 29.4 Å². The summed E-state index contributed by atoms with van der Waals surface area (Å²) >= 11 is 7.83. The van der Waals surface area contributed by atoms with E-state index in [-0.39, 0.29) is 29.4 Å². The van der Waals surface area contributed by atoms with E-state index >= 15 is 0 Å². The highest BCUT2D eigenvalue weighted by Gasteiger charge is 2.38. The maximum absolute atomic E-state index is 13.9. The summed E-state index contributed by atoms with van der Waals surface area (Å²) in [6, 6.07) is 27.5. The van der Waals surface area contributed by atoms with Gasteiger partial charge in [-0.25, -0.2) is 4.68 Å². The van der Waals surface area contributed by atoms with Gasteiger partial charge in [0.1, 0.15) is 12.4 Å². The molecule has 9 heteroatoms. The van der Waals surface area contributed by atoms with E-state index in [0.717, 1.165) is 44.8 Å². The number of nitrogens with zero attached hydrogens (tertiary/aromatic N) is 4. The van der Waals surface area contributed by atoms with Crippen LogP contribution in [0.1, 0.15) is 33.1 Å². The molecule has 3 aromatic carbocycles. The SMILES string of the molecule is Cc1ccc(-n2nc(-c3ccc(Cl)cc3)c3c2N(CC(=O)NCc2cccnc2)C(=O)CSC3c2ccccc2C)cc1. The average molecular weight is 608 g/mol. The second-order valence-electron chi connectivity index (χ2n) is 10.5. The van der Waals surface area contributed by atoms with Gasteiger partial charge in [0.05, 0.1) is 22.4 Å². The van der Waals surface area contributed by atoms with E-state index in [1.807, 2.05) is 84.4 Å². The predicted octanol–water partition coefficient (Wildman–Crippen LogP) is 6.69. The minimum atomic E-state index is -0.271. The molecule has 1 aliphatic rings. The summed E-state index contributed by atoms with van der Waals surface area (Å²) in [4.78, 5) is 33.0. The molecule has 0 saturated heterocycles. The third-order valence-corrected chi connectivity index (χ3v) is 8.96. The number of hydrogen-bond donors (Lipinski definition) is 1. The molecule has 0 spiro atoms. The first-order chi connectivity index (χ1) is 20.9. The van der Waals surface area contributed by atoms with E-state index in [4.69, 9.17) is 16.7 Å². The van der Waals surface area contributed by atoms with Crippen LogP contribution in [-0.2, 0) is 16.1 Å². The molecule has 2 amide bonds. The van der Waals surface area contributed by atoms with Crippen LogP contribution in [0.2, 0.25) is 5.02 Å². The highest BCUT2D eigenvalue weighted by atomic mass is 35.5. The molecule has 0 saturated carbocycles. The van der Waals surface area contributed by atoms with Gasteiger partial charge in [0.15, 0.2) is 0 Å². The highest BCUT2D eigenvalue weighted by Crippen LogP contribution is 2.49. The van der Waals surface area contributed by atoms with Crippen molar-refractivity contribution < 1.29 is 9.59 Å². The zero-order valence-electron chi connectivity index (χ0n) is 23.8. The van der Waals surface area contributed by atoms with Gasteiger partial charge < -0.3 is 5.32 Å². The van der Waals surface area contributed by atoms with Crippen LogP contribution < -0.4 is 10.2 Å². The largest absolute Gasteiger partial charge is 0.350 e. The number of carbonyl (C=O) groups excluding carboxylic acids is 2. The van der Waals surface area contributed by atoms with Crippen LogP contribution in [-0.4, -0.2) is 38.9 Å². The van der Waals surface area contributed by atoms with Crippen LogP contribution in [0, 0.1) is 13.8 Å². The first-order valence-electron chi connectivity index (χ1n) is 14.0. The summed E-state index contributed by atoms with van der Waals surface area (Å²) in [5, 5.41) is 8.53. The number of aryl methyl sites for hydroxylation is 2. The third kappa shape index (κ3) is 6.07. The number of hydrogen-bond acceptors (Lipinski definition) is 5. The predicted molar refractivity (Wildman–Crippen MR) is 173 cm³/mol.